The summed E-state index contributed by atoms with van der Waals surface area (Å²) in [6, 6.07) is 10.6. The molecular weight excluding hydrogens is 310 g/mol. The van der Waals surface area contributed by atoms with Crippen LogP contribution in [0.4, 0.5) is 5.69 Å². The van der Waals surface area contributed by atoms with Crippen LogP contribution >= 0.6 is 0 Å². The Morgan fingerprint density at radius 1 is 1.00 bits per heavy atom. The van der Waals surface area contributed by atoms with Crippen LogP contribution in [-0.4, -0.2) is 35.6 Å². The lowest BCUT2D eigenvalue weighted by Gasteiger charge is -2.09. The molecule has 4 amide bonds. The Kier molecular flexibility index (Phi) is 3.61. The van der Waals surface area contributed by atoms with Crippen molar-refractivity contribution in [2.75, 3.05) is 12.4 Å². The van der Waals surface area contributed by atoms with Crippen LogP contribution in [0.1, 0.15) is 41.4 Å². The van der Waals surface area contributed by atoms with Crippen LogP contribution in [0.25, 0.3) is 0 Å². The van der Waals surface area contributed by atoms with E-state index in [2.05, 4.69) is 5.32 Å². The second-order valence-corrected chi connectivity index (χ2v) is 5.29. The molecule has 0 bridgehead atoms. The number of amides is 4. The normalized spacial score (nSPS) is 13.0. The standard InChI is InChI=1S/C17H13N3O4/c1-20-16(23)10-7-6-9(8-12(10)17(20)24)15(22)19-13-5-3-2-4-11(13)14(18)21/h2-8H,1H3,(H2,18,21)(H,19,22). The number of nitrogens with one attached hydrogen (secondary N) is 1. The van der Waals surface area contributed by atoms with E-state index in [9.17, 15) is 19.2 Å². The fourth-order valence-corrected chi connectivity index (χ4v) is 2.50. The fraction of sp³-hybridized carbons (Fsp3) is 0.0588. The number of para-hydroxylation sites is 1. The number of carbonyl (C=O) groups excluding carboxylic acids is 4. The van der Waals surface area contributed by atoms with Crippen LogP contribution in [0.2, 0.25) is 0 Å². The third-order valence-electron chi connectivity index (χ3n) is 3.79. The maximum atomic E-state index is 12.4. The van der Waals surface area contributed by atoms with E-state index in [0.717, 1.165) is 4.90 Å². The Labute approximate surface area is 137 Å². The molecule has 0 saturated carbocycles. The lowest BCUT2D eigenvalue weighted by molar-refractivity contribution is 0.0692. The maximum absolute atomic E-state index is 12.4. The summed E-state index contributed by atoms with van der Waals surface area (Å²) < 4.78 is 0. The predicted molar refractivity (Wildman–Crippen MR) is 85.8 cm³/mol. The molecule has 7 heteroatoms. The van der Waals surface area contributed by atoms with Crippen molar-refractivity contribution in [3.63, 3.8) is 0 Å². The first-order valence-corrected chi connectivity index (χ1v) is 7.06. The summed E-state index contributed by atoms with van der Waals surface area (Å²) in [5.41, 5.74) is 6.36. The molecule has 0 aliphatic carbocycles. The van der Waals surface area contributed by atoms with Crippen LogP contribution in [0.3, 0.4) is 0 Å². The van der Waals surface area contributed by atoms with Gasteiger partial charge in [0, 0.05) is 12.6 Å². The summed E-state index contributed by atoms with van der Waals surface area (Å²) in [5, 5.41) is 2.59. The smallest absolute Gasteiger partial charge is 0.261 e. The third kappa shape index (κ3) is 2.41. The van der Waals surface area contributed by atoms with Crippen LogP contribution in [0.5, 0.6) is 0 Å². The van der Waals surface area contributed by atoms with E-state index in [1.54, 1.807) is 18.2 Å². The highest BCUT2D eigenvalue weighted by atomic mass is 16.2. The first-order chi connectivity index (χ1) is 11.4. The molecule has 0 aromatic heterocycles. The first kappa shape index (κ1) is 15.4. The summed E-state index contributed by atoms with van der Waals surface area (Å²) in [4.78, 5) is 48.6. The van der Waals surface area contributed by atoms with Crippen LogP contribution in [-0.2, 0) is 0 Å². The van der Waals surface area contributed by atoms with Crippen molar-refractivity contribution in [1.82, 2.24) is 4.90 Å². The number of anilines is 1. The van der Waals surface area contributed by atoms with Crippen molar-refractivity contribution in [2.45, 2.75) is 0 Å². The van der Waals surface area contributed by atoms with E-state index in [0.29, 0.717) is 0 Å². The maximum Gasteiger partial charge on any atom is 0.261 e. The van der Waals surface area contributed by atoms with Crippen molar-refractivity contribution in [3.05, 3.63) is 64.7 Å². The molecule has 0 atom stereocenters. The molecule has 24 heavy (non-hydrogen) atoms. The van der Waals surface area contributed by atoms with Gasteiger partial charge in [0.25, 0.3) is 23.6 Å². The van der Waals surface area contributed by atoms with Crippen molar-refractivity contribution in [3.8, 4) is 0 Å². The average molecular weight is 323 g/mol. The largest absolute Gasteiger partial charge is 0.366 e. The van der Waals surface area contributed by atoms with Gasteiger partial charge in [-0.05, 0) is 30.3 Å². The molecule has 3 N–H and O–H groups in total. The van der Waals surface area contributed by atoms with E-state index < -0.39 is 23.6 Å². The molecule has 1 heterocycles. The number of hydrogen-bond donors (Lipinski definition) is 2. The zero-order valence-electron chi connectivity index (χ0n) is 12.7. The van der Waals surface area contributed by atoms with Gasteiger partial charge in [-0.25, -0.2) is 0 Å². The van der Waals surface area contributed by atoms with Gasteiger partial charge in [-0.2, -0.15) is 0 Å². The molecule has 3 rings (SSSR count). The van der Waals surface area contributed by atoms with Crippen LogP contribution in [0.15, 0.2) is 42.5 Å². The number of fused-ring (bicyclic) bond motifs is 1. The Bertz CT molecular complexity index is 904. The van der Waals surface area contributed by atoms with Crippen molar-refractivity contribution >= 4 is 29.3 Å². The molecule has 7 nitrogen and oxygen atoms in total. The van der Waals surface area contributed by atoms with Crippen molar-refractivity contribution in [2.24, 2.45) is 5.73 Å². The topological polar surface area (TPSA) is 110 Å². The zero-order chi connectivity index (χ0) is 17.4. The number of imide groups is 1. The van der Waals surface area contributed by atoms with Gasteiger partial charge in [-0.1, -0.05) is 12.1 Å². The molecule has 1 aliphatic heterocycles. The first-order valence-electron chi connectivity index (χ1n) is 7.06. The summed E-state index contributed by atoms with van der Waals surface area (Å²) >= 11 is 0. The zero-order valence-corrected chi connectivity index (χ0v) is 12.7. The van der Waals surface area contributed by atoms with Gasteiger partial charge in [0.1, 0.15) is 0 Å². The Morgan fingerprint density at radius 2 is 1.67 bits per heavy atom. The molecule has 0 spiro atoms. The van der Waals surface area contributed by atoms with Crippen molar-refractivity contribution < 1.29 is 19.2 Å². The van der Waals surface area contributed by atoms with E-state index in [1.165, 1.54) is 31.3 Å². The summed E-state index contributed by atoms with van der Waals surface area (Å²) in [6.45, 7) is 0. The minimum atomic E-state index is -0.665. The fourth-order valence-electron chi connectivity index (χ4n) is 2.50. The predicted octanol–water partition coefficient (Wildman–Crippen LogP) is 1.26. The lowest BCUT2D eigenvalue weighted by Crippen LogP contribution is -2.24. The second kappa shape index (κ2) is 5.62. The highest BCUT2D eigenvalue weighted by molar-refractivity contribution is 6.22. The number of carbonyl (C=O) groups is 4. The van der Waals surface area contributed by atoms with Gasteiger partial charge in [0.15, 0.2) is 0 Å². The van der Waals surface area contributed by atoms with Gasteiger partial charge in [-0.3, -0.25) is 24.1 Å². The summed E-state index contributed by atoms with van der Waals surface area (Å²) in [7, 11) is 1.38. The van der Waals surface area contributed by atoms with Gasteiger partial charge in [0.2, 0.25) is 0 Å². The SMILES string of the molecule is CN1C(=O)c2ccc(C(=O)Nc3ccccc3C(N)=O)cc2C1=O. The summed E-state index contributed by atoms with van der Waals surface area (Å²) in [5.74, 6) is -2.04. The molecule has 0 saturated heterocycles. The van der Waals surface area contributed by atoms with Gasteiger partial charge >= 0.3 is 0 Å². The van der Waals surface area contributed by atoms with E-state index in [1.807, 2.05) is 0 Å². The molecular formula is C17H13N3O4. The Balaban J connectivity index is 1.92. The highest BCUT2D eigenvalue weighted by Gasteiger charge is 2.33. The molecule has 120 valence electrons. The molecule has 0 unspecified atom stereocenters. The average Bonchev–Trinajstić information content (AvgIpc) is 2.79. The number of hydrogen-bond acceptors (Lipinski definition) is 4. The van der Waals surface area contributed by atoms with Crippen LogP contribution < -0.4 is 11.1 Å². The molecule has 1 aliphatic rings. The third-order valence-corrected chi connectivity index (χ3v) is 3.79. The number of nitrogens with two attached hydrogens (primary N) is 1. The summed E-state index contributed by atoms with van der Waals surface area (Å²) in [6.07, 6.45) is 0. The van der Waals surface area contributed by atoms with Gasteiger partial charge < -0.3 is 11.1 Å². The minimum Gasteiger partial charge on any atom is -0.366 e. The monoisotopic (exact) mass is 323 g/mol. The minimum absolute atomic E-state index is 0.179. The Morgan fingerprint density at radius 3 is 2.38 bits per heavy atom. The van der Waals surface area contributed by atoms with Crippen molar-refractivity contribution in [1.29, 1.82) is 0 Å². The van der Waals surface area contributed by atoms with Gasteiger partial charge in [-0.15, -0.1) is 0 Å². The van der Waals surface area contributed by atoms with E-state index >= 15 is 0 Å². The number of primary amides is 1. The second-order valence-electron chi connectivity index (χ2n) is 5.29. The molecule has 2 aromatic carbocycles. The molecule has 2 aromatic rings. The molecule has 0 fully saturated rings. The highest BCUT2D eigenvalue weighted by Crippen LogP contribution is 2.23. The molecule has 0 radical (unpaired) electrons. The van der Waals surface area contributed by atoms with Crippen LogP contribution in [0, 0.1) is 0 Å². The van der Waals surface area contributed by atoms with E-state index in [4.69, 9.17) is 5.73 Å². The van der Waals surface area contributed by atoms with Gasteiger partial charge in [0.05, 0.1) is 22.4 Å². The number of benzene rings is 2. The quantitative estimate of drug-likeness (QED) is 0.829. The number of nitrogens with zero attached hydrogens (tertiary/aromatic N) is 1. The van der Waals surface area contributed by atoms with E-state index in [-0.39, 0.29) is 27.9 Å². The number of rotatable bonds is 3. The Hall–Kier alpha value is -3.48. The lowest BCUT2D eigenvalue weighted by atomic mass is 10.0.